The minimum Gasteiger partial charge on any atom is -0.342 e. The minimum absolute atomic E-state index is 0.264. The number of hydrogen-bond donors (Lipinski definition) is 2. The third-order valence-corrected chi connectivity index (χ3v) is 4.46. The fourth-order valence-corrected chi connectivity index (χ4v) is 3.21. The Balaban J connectivity index is 2.03. The molecule has 18 heavy (non-hydrogen) atoms. The number of fused-ring (bicyclic) bond motifs is 1. The molecule has 0 aliphatic heterocycles. The van der Waals surface area contributed by atoms with E-state index >= 15 is 0 Å². The van der Waals surface area contributed by atoms with Gasteiger partial charge >= 0.3 is 0 Å². The normalized spacial score (nSPS) is 23.9. The highest BCUT2D eigenvalue weighted by Gasteiger charge is 2.29. The van der Waals surface area contributed by atoms with E-state index in [9.17, 15) is 4.39 Å². The molecule has 96 valence electrons. The molecule has 1 fully saturated rings. The Hall–Kier alpha value is -0.940. The molecular weight excluding hydrogens is 297 g/mol. The van der Waals surface area contributed by atoms with Gasteiger partial charge in [-0.05, 0) is 47.3 Å². The molecule has 2 atom stereocenters. The number of H-pyrrole nitrogens is 1. The van der Waals surface area contributed by atoms with E-state index in [1.54, 1.807) is 6.07 Å². The van der Waals surface area contributed by atoms with Crippen molar-refractivity contribution in [2.24, 2.45) is 11.7 Å². The molecule has 0 amide bonds. The maximum atomic E-state index is 13.5. The van der Waals surface area contributed by atoms with Crippen LogP contribution < -0.4 is 5.73 Å². The second-order valence-electron chi connectivity index (χ2n) is 4.94. The highest BCUT2D eigenvalue weighted by molar-refractivity contribution is 9.10. The molecule has 5 heteroatoms. The van der Waals surface area contributed by atoms with Crippen LogP contribution in [0.3, 0.4) is 0 Å². The quantitative estimate of drug-likeness (QED) is 0.894. The summed E-state index contributed by atoms with van der Waals surface area (Å²) in [5, 5.41) is 0. The van der Waals surface area contributed by atoms with E-state index in [2.05, 4.69) is 25.9 Å². The summed E-state index contributed by atoms with van der Waals surface area (Å²) in [6.45, 7) is 0.694. The maximum absolute atomic E-state index is 13.5. The average molecular weight is 312 g/mol. The molecule has 3 N–H and O–H groups in total. The number of halogens is 2. The van der Waals surface area contributed by atoms with Gasteiger partial charge < -0.3 is 10.7 Å². The van der Waals surface area contributed by atoms with Crippen molar-refractivity contribution >= 4 is 27.0 Å². The summed E-state index contributed by atoms with van der Waals surface area (Å²) < 4.78 is 13.9. The Labute approximate surface area is 113 Å². The Kier molecular flexibility index (Phi) is 3.11. The van der Waals surface area contributed by atoms with Crippen molar-refractivity contribution < 1.29 is 4.39 Å². The number of hydrogen-bond acceptors (Lipinski definition) is 2. The summed E-state index contributed by atoms with van der Waals surface area (Å²) in [5.41, 5.74) is 7.36. The van der Waals surface area contributed by atoms with Crippen molar-refractivity contribution in [3.8, 4) is 0 Å². The summed E-state index contributed by atoms with van der Waals surface area (Å²) in [7, 11) is 0. The fourth-order valence-electron chi connectivity index (χ4n) is 2.88. The predicted octanol–water partition coefficient (Wildman–Crippen LogP) is 3.31. The van der Waals surface area contributed by atoms with Gasteiger partial charge in [0, 0.05) is 12.0 Å². The lowest BCUT2D eigenvalue weighted by atomic mass is 9.96. The maximum Gasteiger partial charge on any atom is 0.139 e. The van der Waals surface area contributed by atoms with Crippen LogP contribution in [0.5, 0.6) is 0 Å². The van der Waals surface area contributed by atoms with Gasteiger partial charge in [-0.1, -0.05) is 6.42 Å². The number of rotatable bonds is 2. The summed E-state index contributed by atoms with van der Waals surface area (Å²) in [6, 6.07) is 3.21. The van der Waals surface area contributed by atoms with Crippen LogP contribution in [0.2, 0.25) is 0 Å². The van der Waals surface area contributed by atoms with Crippen LogP contribution in [0.25, 0.3) is 11.0 Å². The van der Waals surface area contributed by atoms with E-state index in [0.29, 0.717) is 22.9 Å². The summed E-state index contributed by atoms with van der Waals surface area (Å²) in [4.78, 5) is 7.83. The van der Waals surface area contributed by atoms with Crippen LogP contribution in [0.4, 0.5) is 4.39 Å². The highest BCUT2D eigenvalue weighted by atomic mass is 79.9. The van der Waals surface area contributed by atoms with Crippen LogP contribution in [0, 0.1) is 11.7 Å². The Morgan fingerprint density at radius 3 is 3.06 bits per heavy atom. The van der Waals surface area contributed by atoms with Crippen molar-refractivity contribution in [3.63, 3.8) is 0 Å². The molecule has 2 unspecified atom stereocenters. The number of nitrogens with two attached hydrogens (primary N) is 1. The SMILES string of the molecule is NCC1CCCC1c1nc2cc(Br)c(F)cc2[nH]1. The number of imidazole rings is 1. The standard InChI is InChI=1S/C13H15BrFN3/c14-9-4-11-12(5-10(9)15)18-13(17-11)8-3-1-2-7(8)6-16/h4-5,7-8H,1-3,6,16H2,(H,17,18). The summed E-state index contributed by atoms with van der Waals surface area (Å²) in [6.07, 6.45) is 3.48. The first-order chi connectivity index (χ1) is 8.69. The van der Waals surface area contributed by atoms with Crippen LogP contribution in [-0.4, -0.2) is 16.5 Å². The Bertz CT molecular complexity index is 542. The lowest BCUT2D eigenvalue weighted by Gasteiger charge is -2.14. The molecular formula is C13H15BrFN3. The largest absolute Gasteiger partial charge is 0.342 e. The van der Waals surface area contributed by atoms with Crippen LogP contribution in [0.15, 0.2) is 16.6 Å². The molecule has 3 rings (SSSR count). The fraction of sp³-hybridized carbons (Fsp3) is 0.462. The molecule has 1 heterocycles. The second-order valence-corrected chi connectivity index (χ2v) is 5.79. The van der Waals surface area contributed by atoms with Crippen molar-refractivity contribution in [3.05, 3.63) is 28.2 Å². The number of aromatic amines is 1. The molecule has 1 aromatic heterocycles. The first-order valence-corrected chi connectivity index (χ1v) is 7.03. The number of nitrogens with one attached hydrogen (secondary N) is 1. The molecule has 0 saturated heterocycles. The first kappa shape index (κ1) is 12.1. The van der Waals surface area contributed by atoms with Gasteiger partial charge in [0.05, 0.1) is 15.5 Å². The molecule has 1 saturated carbocycles. The van der Waals surface area contributed by atoms with E-state index in [1.165, 1.54) is 12.5 Å². The molecule has 2 aromatic rings. The van der Waals surface area contributed by atoms with Crippen LogP contribution in [-0.2, 0) is 0 Å². The molecule has 0 bridgehead atoms. The smallest absolute Gasteiger partial charge is 0.139 e. The topological polar surface area (TPSA) is 54.7 Å². The number of aromatic nitrogens is 2. The van der Waals surface area contributed by atoms with Crippen LogP contribution >= 0.6 is 15.9 Å². The van der Waals surface area contributed by atoms with E-state index in [-0.39, 0.29) is 5.82 Å². The molecule has 1 aromatic carbocycles. The van der Waals surface area contributed by atoms with E-state index in [1.807, 2.05) is 0 Å². The third-order valence-electron chi connectivity index (χ3n) is 3.86. The molecule has 0 radical (unpaired) electrons. The number of benzene rings is 1. The highest BCUT2D eigenvalue weighted by Crippen LogP contribution is 2.38. The van der Waals surface area contributed by atoms with Gasteiger partial charge in [0.1, 0.15) is 11.6 Å². The second kappa shape index (κ2) is 4.63. The first-order valence-electron chi connectivity index (χ1n) is 6.23. The van der Waals surface area contributed by atoms with Gasteiger partial charge in [-0.15, -0.1) is 0 Å². The van der Waals surface area contributed by atoms with Crippen LogP contribution in [0.1, 0.15) is 31.0 Å². The van der Waals surface area contributed by atoms with Crippen molar-refractivity contribution in [1.82, 2.24) is 9.97 Å². The zero-order valence-electron chi connectivity index (χ0n) is 9.92. The van der Waals surface area contributed by atoms with Gasteiger partial charge in [0.25, 0.3) is 0 Å². The molecule has 0 spiro atoms. The van der Waals surface area contributed by atoms with Gasteiger partial charge in [-0.3, -0.25) is 0 Å². The Morgan fingerprint density at radius 2 is 2.28 bits per heavy atom. The zero-order valence-corrected chi connectivity index (χ0v) is 11.5. The predicted molar refractivity (Wildman–Crippen MR) is 72.9 cm³/mol. The monoisotopic (exact) mass is 311 g/mol. The molecule has 3 nitrogen and oxygen atoms in total. The summed E-state index contributed by atoms with van der Waals surface area (Å²) >= 11 is 3.19. The summed E-state index contributed by atoms with van der Waals surface area (Å²) in [5.74, 6) is 1.58. The van der Waals surface area contributed by atoms with Gasteiger partial charge in [-0.25, -0.2) is 9.37 Å². The lowest BCUT2D eigenvalue weighted by molar-refractivity contribution is 0.481. The molecule has 1 aliphatic rings. The Morgan fingerprint density at radius 1 is 1.44 bits per heavy atom. The van der Waals surface area contributed by atoms with Gasteiger partial charge in [0.2, 0.25) is 0 Å². The van der Waals surface area contributed by atoms with Crippen molar-refractivity contribution in [2.75, 3.05) is 6.54 Å². The van der Waals surface area contributed by atoms with E-state index in [4.69, 9.17) is 5.73 Å². The lowest BCUT2D eigenvalue weighted by Crippen LogP contribution is -2.17. The van der Waals surface area contributed by atoms with E-state index in [0.717, 1.165) is 29.7 Å². The van der Waals surface area contributed by atoms with Crippen molar-refractivity contribution in [2.45, 2.75) is 25.2 Å². The zero-order chi connectivity index (χ0) is 12.7. The third kappa shape index (κ3) is 1.95. The van der Waals surface area contributed by atoms with Gasteiger partial charge in [0.15, 0.2) is 0 Å². The van der Waals surface area contributed by atoms with E-state index < -0.39 is 0 Å². The molecule has 1 aliphatic carbocycles. The average Bonchev–Trinajstić information content (AvgIpc) is 2.95. The van der Waals surface area contributed by atoms with Gasteiger partial charge in [-0.2, -0.15) is 0 Å². The van der Waals surface area contributed by atoms with Crippen molar-refractivity contribution in [1.29, 1.82) is 0 Å². The minimum atomic E-state index is -0.264. The number of nitrogens with zero attached hydrogens (tertiary/aromatic N) is 1.